The van der Waals surface area contributed by atoms with Crippen molar-refractivity contribution in [2.75, 3.05) is 6.54 Å². The number of pyridine rings is 1. The minimum atomic E-state index is 0.787. The number of nitrogens with zero attached hydrogens (tertiary/aromatic N) is 3. The molecular formula is C16H18N4. The van der Waals surface area contributed by atoms with Crippen molar-refractivity contribution in [1.29, 1.82) is 0 Å². The van der Waals surface area contributed by atoms with Gasteiger partial charge in [-0.05, 0) is 12.1 Å². The van der Waals surface area contributed by atoms with Crippen LogP contribution in [0.2, 0.25) is 0 Å². The van der Waals surface area contributed by atoms with Crippen LogP contribution in [0.3, 0.4) is 0 Å². The molecule has 20 heavy (non-hydrogen) atoms. The second-order valence-corrected chi connectivity index (χ2v) is 4.88. The topological polar surface area (TPSA) is 42.7 Å². The van der Waals surface area contributed by atoms with Gasteiger partial charge in [0.25, 0.3) is 0 Å². The Morgan fingerprint density at radius 3 is 2.90 bits per heavy atom. The molecule has 2 aromatic heterocycles. The Bertz CT molecular complexity index is 702. The predicted octanol–water partition coefficient (Wildman–Crippen LogP) is 2.30. The molecule has 1 aromatic carbocycles. The Hall–Kier alpha value is -2.20. The van der Waals surface area contributed by atoms with E-state index in [1.165, 1.54) is 5.39 Å². The number of para-hydroxylation sites is 1. The molecule has 0 aliphatic heterocycles. The zero-order valence-electron chi connectivity index (χ0n) is 11.6. The van der Waals surface area contributed by atoms with Gasteiger partial charge in [0.15, 0.2) is 0 Å². The fourth-order valence-corrected chi connectivity index (χ4v) is 2.26. The van der Waals surface area contributed by atoms with Crippen LogP contribution in [0.25, 0.3) is 10.9 Å². The molecule has 3 aromatic rings. The molecule has 0 bridgehead atoms. The average Bonchev–Trinajstić information content (AvgIpc) is 2.89. The van der Waals surface area contributed by atoms with Crippen molar-refractivity contribution in [1.82, 2.24) is 19.9 Å². The van der Waals surface area contributed by atoms with Crippen molar-refractivity contribution in [3.8, 4) is 0 Å². The molecule has 0 fully saturated rings. The second kappa shape index (κ2) is 5.84. The van der Waals surface area contributed by atoms with Crippen molar-refractivity contribution in [3.63, 3.8) is 0 Å². The van der Waals surface area contributed by atoms with Crippen molar-refractivity contribution in [2.45, 2.75) is 13.0 Å². The van der Waals surface area contributed by atoms with Crippen molar-refractivity contribution in [2.24, 2.45) is 7.05 Å². The molecule has 0 unspecified atom stereocenters. The Balaban J connectivity index is 1.56. The maximum absolute atomic E-state index is 4.64. The van der Waals surface area contributed by atoms with E-state index in [-0.39, 0.29) is 0 Å². The standard InChI is InChI=1S/C16H18N4/c1-20-11-10-18-16(20)8-9-17-12-14-7-6-13-4-2-3-5-15(13)19-14/h2-7,10-11,17H,8-9,12H2,1H3. The highest BCUT2D eigenvalue weighted by Gasteiger charge is 2.00. The molecule has 0 spiro atoms. The van der Waals surface area contributed by atoms with E-state index in [1.807, 2.05) is 37.6 Å². The number of imidazole rings is 1. The van der Waals surface area contributed by atoms with E-state index in [0.717, 1.165) is 36.5 Å². The second-order valence-electron chi connectivity index (χ2n) is 4.88. The smallest absolute Gasteiger partial charge is 0.109 e. The summed E-state index contributed by atoms with van der Waals surface area (Å²) in [6, 6.07) is 12.4. The van der Waals surface area contributed by atoms with Crippen LogP contribution in [0.1, 0.15) is 11.5 Å². The molecule has 0 aliphatic carbocycles. The molecule has 0 saturated heterocycles. The van der Waals surface area contributed by atoms with Crippen LogP contribution in [0.4, 0.5) is 0 Å². The molecular weight excluding hydrogens is 248 g/mol. The van der Waals surface area contributed by atoms with Crippen LogP contribution < -0.4 is 5.32 Å². The molecule has 4 nitrogen and oxygen atoms in total. The maximum atomic E-state index is 4.64. The normalized spacial score (nSPS) is 11.1. The number of aromatic nitrogens is 3. The monoisotopic (exact) mass is 266 g/mol. The molecule has 0 radical (unpaired) electrons. The van der Waals surface area contributed by atoms with Gasteiger partial charge in [-0.3, -0.25) is 4.98 Å². The van der Waals surface area contributed by atoms with Crippen LogP contribution in [-0.4, -0.2) is 21.1 Å². The van der Waals surface area contributed by atoms with Crippen molar-refractivity contribution >= 4 is 10.9 Å². The van der Waals surface area contributed by atoms with Gasteiger partial charge in [-0.25, -0.2) is 4.98 Å². The van der Waals surface area contributed by atoms with Crippen LogP contribution in [0, 0.1) is 0 Å². The van der Waals surface area contributed by atoms with E-state index in [9.17, 15) is 0 Å². The zero-order chi connectivity index (χ0) is 13.8. The first-order chi connectivity index (χ1) is 9.83. The van der Waals surface area contributed by atoms with Crippen LogP contribution in [0.15, 0.2) is 48.8 Å². The number of hydrogen-bond acceptors (Lipinski definition) is 3. The summed E-state index contributed by atoms with van der Waals surface area (Å²) in [5.41, 5.74) is 2.12. The summed E-state index contributed by atoms with van der Waals surface area (Å²) >= 11 is 0. The number of rotatable bonds is 5. The van der Waals surface area contributed by atoms with Crippen LogP contribution in [-0.2, 0) is 20.0 Å². The molecule has 3 rings (SSSR count). The first-order valence-electron chi connectivity index (χ1n) is 6.84. The third-order valence-electron chi connectivity index (χ3n) is 3.41. The van der Waals surface area contributed by atoms with Gasteiger partial charge in [0.2, 0.25) is 0 Å². The molecule has 2 heterocycles. The van der Waals surface area contributed by atoms with Gasteiger partial charge in [-0.1, -0.05) is 24.3 Å². The number of aryl methyl sites for hydroxylation is 1. The molecule has 0 atom stereocenters. The van der Waals surface area contributed by atoms with Crippen molar-refractivity contribution < 1.29 is 0 Å². The largest absolute Gasteiger partial charge is 0.338 e. The van der Waals surface area contributed by atoms with Gasteiger partial charge < -0.3 is 9.88 Å². The van der Waals surface area contributed by atoms with Crippen LogP contribution in [0.5, 0.6) is 0 Å². The number of benzene rings is 1. The minimum absolute atomic E-state index is 0.787. The third-order valence-corrected chi connectivity index (χ3v) is 3.41. The lowest BCUT2D eigenvalue weighted by molar-refractivity contribution is 0.648. The zero-order valence-corrected chi connectivity index (χ0v) is 11.6. The SMILES string of the molecule is Cn1ccnc1CCNCc1ccc2ccccc2n1. The predicted molar refractivity (Wildman–Crippen MR) is 80.4 cm³/mol. The summed E-state index contributed by atoms with van der Waals surface area (Å²) in [6.07, 6.45) is 4.73. The number of nitrogens with one attached hydrogen (secondary N) is 1. The quantitative estimate of drug-likeness (QED) is 0.721. The summed E-state index contributed by atoms with van der Waals surface area (Å²) < 4.78 is 2.05. The highest BCUT2D eigenvalue weighted by molar-refractivity contribution is 5.78. The van der Waals surface area contributed by atoms with E-state index in [2.05, 4.69) is 38.1 Å². The van der Waals surface area contributed by atoms with Crippen LogP contribution >= 0.6 is 0 Å². The highest BCUT2D eigenvalue weighted by Crippen LogP contribution is 2.11. The van der Waals surface area contributed by atoms with Gasteiger partial charge in [0.1, 0.15) is 5.82 Å². The van der Waals surface area contributed by atoms with Gasteiger partial charge in [-0.2, -0.15) is 0 Å². The van der Waals surface area contributed by atoms with E-state index < -0.39 is 0 Å². The summed E-state index contributed by atoms with van der Waals surface area (Å²) in [4.78, 5) is 8.95. The minimum Gasteiger partial charge on any atom is -0.338 e. The summed E-state index contributed by atoms with van der Waals surface area (Å²) in [7, 11) is 2.02. The van der Waals surface area contributed by atoms with E-state index in [1.54, 1.807) is 0 Å². The summed E-state index contributed by atoms with van der Waals surface area (Å²) in [5.74, 6) is 1.10. The van der Waals surface area contributed by atoms with Gasteiger partial charge in [0.05, 0.1) is 11.2 Å². The Morgan fingerprint density at radius 2 is 2.05 bits per heavy atom. The lowest BCUT2D eigenvalue weighted by Gasteiger charge is -2.06. The third kappa shape index (κ3) is 2.86. The number of fused-ring (bicyclic) bond motifs is 1. The van der Waals surface area contributed by atoms with E-state index in [0.29, 0.717) is 0 Å². The van der Waals surface area contributed by atoms with E-state index in [4.69, 9.17) is 0 Å². The summed E-state index contributed by atoms with van der Waals surface area (Å²) in [6.45, 7) is 1.69. The molecule has 0 aliphatic rings. The summed E-state index contributed by atoms with van der Waals surface area (Å²) in [5, 5.41) is 4.60. The average molecular weight is 266 g/mol. The number of hydrogen-bond donors (Lipinski definition) is 1. The first kappa shape index (κ1) is 12.8. The maximum Gasteiger partial charge on any atom is 0.109 e. The molecule has 0 saturated carbocycles. The molecule has 1 N–H and O–H groups in total. The van der Waals surface area contributed by atoms with Crippen molar-refractivity contribution in [3.05, 3.63) is 60.3 Å². The Kier molecular flexibility index (Phi) is 3.74. The van der Waals surface area contributed by atoms with Gasteiger partial charge in [-0.15, -0.1) is 0 Å². The lowest BCUT2D eigenvalue weighted by Crippen LogP contribution is -2.18. The van der Waals surface area contributed by atoms with Gasteiger partial charge >= 0.3 is 0 Å². The molecule has 0 amide bonds. The molecule has 102 valence electrons. The van der Waals surface area contributed by atoms with Gasteiger partial charge in [0, 0.05) is 44.3 Å². The Labute approximate surface area is 118 Å². The molecule has 4 heteroatoms. The fourth-order valence-electron chi connectivity index (χ4n) is 2.26. The first-order valence-corrected chi connectivity index (χ1v) is 6.84. The highest BCUT2D eigenvalue weighted by atomic mass is 15.0. The van der Waals surface area contributed by atoms with E-state index >= 15 is 0 Å². The fraction of sp³-hybridized carbons (Fsp3) is 0.250. The Morgan fingerprint density at radius 1 is 1.15 bits per heavy atom. The lowest BCUT2D eigenvalue weighted by atomic mass is 10.2.